The van der Waals surface area contributed by atoms with Crippen molar-refractivity contribution in [2.24, 2.45) is 0 Å². The number of carbonyl (C=O) groups excluding carboxylic acids is 1. The lowest BCUT2D eigenvalue weighted by Gasteiger charge is -2.30. The van der Waals surface area contributed by atoms with Crippen molar-refractivity contribution in [2.45, 2.75) is 38.8 Å². The molecule has 2 heterocycles. The Morgan fingerprint density at radius 2 is 2.20 bits per heavy atom. The smallest absolute Gasteiger partial charge is 0.414 e. The summed E-state index contributed by atoms with van der Waals surface area (Å²) in [7, 11) is 0. The second kappa shape index (κ2) is 6.14. The zero-order chi connectivity index (χ0) is 14.8. The van der Waals surface area contributed by atoms with Crippen LogP contribution in [0.15, 0.2) is 34.5 Å². The van der Waals surface area contributed by atoms with Gasteiger partial charge >= 0.3 is 6.09 Å². The van der Waals surface area contributed by atoms with Crippen LogP contribution in [0.5, 0.6) is 0 Å². The van der Waals surface area contributed by atoms with Crippen molar-refractivity contribution in [2.75, 3.05) is 13.1 Å². The molecule has 0 aromatic carbocycles. The average molecular weight is 341 g/mol. The predicted octanol–water partition coefficient (Wildman–Crippen LogP) is 3.32. The molecule has 0 aromatic heterocycles. The number of hydrogen-bond acceptors (Lipinski definition) is 3. The van der Waals surface area contributed by atoms with Crippen molar-refractivity contribution in [1.29, 1.82) is 0 Å². The lowest BCUT2D eigenvalue weighted by molar-refractivity contribution is 0.0347. The molecule has 0 aliphatic carbocycles. The molecule has 0 fully saturated rings. The van der Waals surface area contributed by atoms with Gasteiger partial charge in [0.25, 0.3) is 0 Å². The Morgan fingerprint density at radius 1 is 1.45 bits per heavy atom. The van der Waals surface area contributed by atoms with Crippen molar-refractivity contribution in [1.82, 2.24) is 10.2 Å². The molecule has 0 bridgehead atoms. The number of nitrogens with zero attached hydrogens (tertiary/aromatic N) is 1. The van der Waals surface area contributed by atoms with Gasteiger partial charge in [-0.2, -0.15) is 0 Å². The first-order valence-corrected chi connectivity index (χ1v) is 7.60. The molecule has 2 aliphatic heterocycles. The van der Waals surface area contributed by atoms with Crippen LogP contribution in [0.1, 0.15) is 27.2 Å². The molecule has 1 amide bonds. The molecule has 2 aliphatic rings. The van der Waals surface area contributed by atoms with Crippen molar-refractivity contribution in [3.05, 3.63) is 34.5 Å². The average Bonchev–Trinajstić information content (AvgIpc) is 2.37. The first-order valence-electron chi connectivity index (χ1n) is 6.81. The molecule has 0 saturated heterocycles. The van der Waals surface area contributed by atoms with Crippen LogP contribution in [0.25, 0.3) is 0 Å². The van der Waals surface area contributed by atoms with Gasteiger partial charge in [0.2, 0.25) is 0 Å². The number of hydrogen-bond donors (Lipinski definition) is 1. The summed E-state index contributed by atoms with van der Waals surface area (Å²) in [5, 5.41) is 3.42. The normalized spacial score (nSPS) is 23.2. The van der Waals surface area contributed by atoms with Crippen molar-refractivity contribution in [3.8, 4) is 0 Å². The van der Waals surface area contributed by atoms with Crippen LogP contribution in [0.2, 0.25) is 0 Å². The van der Waals surface area contributed by atoms with E-state index in [2.05, 4.69) is 39.5 Å². The van der Waals surface area contributed by atoms with Gasteiger partial charge in [-0.1, -0.05) is 28.1 Å². The van der Waals surface area contributed by atoms with Gasteiger partial charge < -0.3 is 10.1 Å². The second-order valence-corrected chi connectivity index (χ2v) is 7.02. The molecule has 4 nitrogen and oxygen atoms in total. The van der Waals surface area contributed by atoms with Gasteiger partial charge in [-0.25, -0.2) is 4.79 Å². The minimum absolute atomic E-state index is 0.248. The van der Waals surface area contributed by atoms with Crippen LogP contribution in [0.3, 0.4) is 0 Å². The van der Waals surface area contributed by atoms with E-state index >= 15 is 0 Å². The summed E-state index contributed by atoms with van der Waals surface area (Å²) in [5.41, 5.74) is 0.614. The van der Waals surface area contributed by atoms with E-state index in [4.69, 9.17) is 4.74 Å². The minimum atomic E-state index is -0.482. The van der Waals surface area contributed by atoms with E-state index in [0.717, 1.165) is 23.0 Å². The number of nitrogens with one attached hydrogen (secondary N) is 1. The van der Waals surface area contributed by atoms with Crippen LogP contribution in [-0.2, 0) is 4.74 Å². The maximum Gasteiger partial charge on any atom is 0.414 e. The SMILES string of the molecule is CC(C)(C)OC(=O)N1C=C(C2CC=CCN2)C=C(Br)C1. The number of halogens is 1. The van der Waals surface area contributed by atoms with E-state index < -0.39 is 5.60 Å². The lowest BCUT2D eigenvalue weighted by Crippen LogP contribution is -2.39. The van der Waals surface area contributed by atoms with Gasteiger partial charge in [0.1, 0.15) is 5.60 Å². The maximum atomic E-state index is 12.2. The number of ether oxygens (including phenoxy) is 1. The summed E-state index contributed by atoms with van der Waals surface area (Å²) < 4.78 is 6.40. The largest absolute Gasteiger partial charge is 0.443 e. The van der Waals surface area contributed by atoms with Crippen molar-refractivity contribution >= 4 is 22.0 Å². The third kappa shape index (κ3) is 4.21. The van der Waals surface area contributed by atoms with Gasteiger partial charge in [-0.3, -0.25) is 4.90 Å². The minimum Gasteiger partial charge on any atom is -0.443 e. The third-order valence-corrected chi connectivity index (χ3v) is 3.48. The first kappa shape index (κ1) is 15.3. The number of amides is 1. The standard InChI is InChI=1S/C15H21BrN2O2/c1-15(2,3)20-14(19)18-9-11(8-12(16)10-18)13-6-4-5-7-17-13/h4-5,8-9,13,17H,6-7,10H2,1-3H3. The van der Waals surface area contributed by atoms with E-state index in [1.54, 1.807) is 4.90 Å². The van der Waals surface area contributed by atoms with Gasteiger partial charge in [-0.05, 0) is 38.8 Å². The molecule has 0 spiro atoms. The molecular weight excluding hydrogens is 320 g/mol. The molecule has 0 radical (unpaired) electrons. The van der Waals surface area contributed by atoms with E-state index in [9.17, 15) is 4.79 Å². The van der Waals surface area contributed by atoms with E-state index in [1.165, 1.54) is 0 Å². The van der Waals surface area contributed by atoms with Crippen LogP contribution in [-0.4, -0.2) is 35.7 Å². The van der Waals surface area contributed by atoms with Crippen LogP contribution in [0.4, 0.5) is 4.79 Å². The first-order chi connectivity index (χ1) is 9.35. The Hall–Kier alpha value is -1.07. The van der Waals surface area contributed by atoms with Crippen LogP contribution < -0.4 is 5.32 Å². The van der Waals surface area contributed by atoms with Gasteiger partial charge in [0.05, 0.1) is 6.54 Å². The Balaban J connectivity index is 2.11. The van der Waals surface area contributed by atoms with E-state index in [1.807, 2.05) is 27.0 Å². The van der Waals surface area contributed by atoms with Gasteiger partial charge in [0, 0.05) is 23.3 Å². The molecule has 1 N–H and O–H groups in total. The molecule has 2 rings (SSSR count). The number of carbonyl (C=O) groups is 1. The Labute approximate surface area is 128 Å². The van der Waals surface area contributed by atoms with Crippen molar-refractivity contribution in [3.63, 3.8) is 0 Å². The molecule has 110 valence electrons. The highest BCUT2D eigenvalue weighted by atomic mass is 79.9. The highest BCUT2D eigenvalue weighted by molar-refractivity contribution is 9.11. The van der Waals surface area contributed by atoms with Gasteiger partial charge in [0.15, 0.2) is 0 Å². The molecule has 1 atom stereocenters. The Kier molecular flexibility index (Phi) is 4.70. The summed E-state index contributed by atoms with van der Waals surface area (Å²) in [4.78, 5) is 13.8. The van der Waals surface area contributed by atoms with Crippen molar-refractivity contribution < 1.29 is 9.53 Å². The molecule has 0 aromatic rings. The van der Waals surface area contributed by atoms with Crippen LogP contribution >= 0.6 is 15.9 Å². The molecule has 20 heavy (non-hydrogen) atoms. The van der Waals surface area contributed by atoms with E-state index in [-0.39, 0.29) is 12.1 Å². The quantitative estimate of drug-likeness (QED) is 0.744. The Morgan fingerprint density at radius 3 is 2.80 bits per heavy atom. The molecular formula is C15H21BrN2O2. The summed E-state index contributed by atoms with van der Waals surface area (Å²) in [5.74, 6) is 0. The summed E-state index contributed by atoms with van der Waals surface area (Å²) in [6.45, 7) is 6.99. The summed E-state index contributed by atoms with van der Waals surface area (Å²) in [6, 6.07) is 0.248. The topological polar surface area (TPSA) is 41.6 Å². The zero-order valence-electron chi connectivity index (χ0n) is 12.1. The molecule has 1 unspecified atom stereocenters. The van der Waals surface area contributed by atoms with Gasteiger partial charge in [-0.15, -0.1) is 0 Å². The highest BCUT2D eigenvalue weighted by Gasteiger charge is 2.25. The lowest BCUT2D eigenvalue weighted by atomic mass is 10.00. The zero-order valence-corrected chi connectivity index (χ0v) is 13.7. The number of rotatable bonds is 1. The second-order valence-electron chi connectivity index (χ2n) is 6.00. The Bertz CT molecular complexity index is 475. The van der Waals surface area contributed by atoms with Crippen LogP contribution in [0, 0.1) is 0 Å². The highest BCUT2D eigenvalue weighted by Crippen LogP contribution is 2.24. The van der Waals surface area contributed by atoms with E-state index in [0.29, 0.717) is 6.54 Å². The molecule has 0 saturated carbocycles. The summed E-state index contributed by atoms with van der Waals surface area (Å²) >= 11 is 3.51. The monoisotopic (exact) mass is 340 g/mol. The third-order valence-electron chi connectivity index (χ3n) is 3.00. The molecule has 5 heteroatoms. The predicted molar refractivity (Wildman–Crippen MR) is 83.6 cm³/mol. The fraction of sp³-hybridized carbons (Fsp3) is 0.533. The fourth-order valence-corrected chi connectivity index (χ4v) is 2.68. The summed E-state index contributed by atoms with van der Waals surface area (Å²) in [6.07, 6.45) is 8.87. The fourth-order valence-electron chi connectivity index (χ4n) is 2.14. The maximum absolute atomic E-state index is 12.2.